The van der Waals surface area contributed by atoms with E-state index in [1.54, 1.807) is 0 Å². The molecule has 32 heavy (non-hydrogen) atoms. The smallest absolute Gasteiger partial charge is 0.231 e. The number of fused-ring (bicyclic) bond motifs is 2. The molecule has 2 atom stereocenters. The fraction of sp³-hybridized carbons (Fsp3) is 0.192. The number of carbonyl (C=O) groups is 1. The zero-order valence-electron chi connectivity index (χ0n) is 17.2. The molecule has 3 aliphatic rings. The lowest BCUT2D eigenvalue weighted by molar-refractivity contribution is -0.116. The van der Waals surface area contributed by atoms with Gasteiger partial charge < -0.3 is 20.1 Å². The molecule has 5 nitrogen and oxygen atoms in total. The molecular weight excluding hydrogens is 424 g/mol. The van der Waals surface area contributed by atoms with Crippen LogP contribution in [0.3, 0.4) is 0 Å². The van der Waals surface area contributed by atoms with Crippen molar-refractivity contribution in [2.45, 2.75) is 24.8 Å². The van der Waals surface area contributed by atoms with Crippen LogP contribution in [0.2, 0.25) is 5.02 Å². The third kappa shape index (κ3) is 3.21. The molecule has 0 fully saturated rings. The van der Waals surface area contributed by atoms with Crippen LogP contribution in [-0.4, -0.2) is 12.6 Å². The summed E-state index contributed by atoms with van der Waals surface area (Å²) < 4.78 is 11.1. The van der Waals surface area contributed by atoms with Gasteiger partial charge in [-0.3, -0.25) is 4.79 Å². The zero-order valence-corrected chi connectivity index (χ0v) is 18.0. The number of ketones is 1. The molecule has 0 saturated heterocycles. The Hall–Kier alpha value is -3.44. The number of rotatable bonds is 2. The predicted molar refractivity (Wildman–Crippen MR) is 124 cm³/mol. The summed E-state index contributed by atoms with van der Waals surface area (Å²) in [5.74, 6) is 1.58. The summed E-state index contributed by atoms with van der Waals surface area (Å²) >= 11 is 6.49. The summed E-state index contributed by atoms with van der Waals surface area (Å²) in [6.45, 7) is 0.216. The Balaban J connectivity index is 1.47. The molecule has 6 heteroatoms. The van der Waals surface area contributed by atoms with Crippen molar-refractivity contribution < 1.29 is 14.3 Å². The number of hydrogen-bond acceptors (Lipinski definition) is 5. The average Bonchev–Trinajstić information content (AvgIpc) is 3.20. The van der Waals surface area contributed by atoms with Crippen molar-refractivity contribution in [1.82, 2.24) is 0 Å². The van der Waals surface area contributed by atoms with Crippen LogP contribution in [0.25, 0.3) is 0 Å². The van der Waals surface area contributed by atoms with Gasteiger partial charge in [-0.15, -0.1) is 0 Å². The largest absolute Gasteiger partial charge is 0.454 e. The topological polar surface area (TPSA) is 59.6 Å². The molecule has 0 unspecified atom stereocenters. The molecule has 0 spiro atoms. The first-order chi connectivity index (χ1) is 15.7. The third-order valence-corrected chi connectivity index (χ3v) is 6.73. The van der Waals surface area contributed by atoms with Crippen molar-refractivity contribution in [3.05, 3.63) is 94.1 Å². The van der Waals surface area contributed by atoms with Crippen molar-refractivity contribution in [3.8, 4) is 11.5 Å². The molecule has 160 valence electrons. The molecule has 2 N–H and O–H groups in total. The summed E-state index contributed by atoms with van der Waals surface area (Å²) in [6, 6.07) is 21.4. The highest BCUT2D eigenvalue weighted by Gasteiger charge is 2.37. The van der Waals surface area contributed by atoms with Crippen LogP contribution in [-0.2, 0) is 4.79 Å². The van der Waals surface area contributed by atoms with Crippen molar-refractivity contribution in [3.63, 3.8) is 0 Å². The highest BCUT2D eigenvalue weighted by molar-refractivity contribution is 6.31. The minimum Gasteiger partial charge on any atom is -0.454 e. The molecule has 2 aliphatic heterocycles. The Morgan fingerprint density at radius 2 is 1.66 bits per heavy atom. The maximum absolute atomic E-state index is 13.6. The molecular formula is C26H21ClN2O3. The van der Waals surface area contributed by atoms with Gasteiger partial charge in [0, 0.05) is 22.7 Å². The molecule has 6 rings (SSSR count). The van der Waals surface area contributed by atoms with Crippen LogP contribution < -0.4 is 20.1 Å². The van der Waals surface area contributed by atoms with Crippen LogP contribution in [0.1, 0.15) is 35.9 Å². The van der Waals surface area contributed by atoms with Gasteiger partial charge in [0.25, 0.3) is 0 Å². The standard InChI is InChI=1S/C26H21ClN2O3/c27-18-6-2-1-5-17(18)16-11-21-25(22(30)12-16)26(29-20-8-4-3-7-19(20)28-21)15-9-10-23-24(13-15)32-14-31-23/h1-10,13,16,26,28-29H,11-12,14H2/t16-,26-/m1/s1. The van der Waals surface area contributed by atoms with Crippen molar-refractivity contribution in [2.24, 2.45) is 0 Å². The third-order valence-electron chi connectivity index (χ3n) is 6.38. The monoisotopic (exact) mass is 444 g/mol. The van der Waals surface area contributed by atoms with Crippen molar-refractivity contribution >= 4 is 28.8 Å². The lowest BCUT2D eigenvalue weighted by atomic mass is 9.78. The quantitative estimate of drug-likeness (QED) is 0.504. The minimum atomic E-state index is -0.296. The molecule has 3 aromatic carbocycles. The molecule has 3 aromatic rings. The van der Waals surface area contributed by atoms with E-state index in [0.29, 0.717) is 23.6 Å². The number of nitrogens with one attached hydrogen (secondary N) is 2. The lowest BCUT2D eigenvalue weighted by Crippen LogP contribution is -2.27. The van der Waals surface area contributed by atoms with Gasteiger partial charge in [-0.25, -0.2) is 0 Å². The molecule has 1 aliphatic carbocycles. The highest BCUT2D eigenvalue weighted by Crippen LogP contribution is 2.46. The van der Waals surface area contributed by atoms with Crippen LogP contribution in [0.5, 0.6) is 11.5 Å². The molecule has 0 saturated carbocycles. The van der Waals surface area contributed by atoms with Gasteiger partial charge in [0.1, 0.15) is 0 Å². The van der Waals surface area contributed by atoms with Crippen LogP contribution in [0.15, 0.2) is 78.0 Å². The maximum atomic E-state index is 13.6. The second-order valence-corrected chi connectivity index (χ2v) is 8.71. The minimum absolute atomic E-state index is 0.0325. The van der Waals surface area contributed by atoms with E-state index in [9.17, 15) is 4.79 Å². The Bertz CT molecular complexity index is 1270. The van der Waals surface area contributed by atoms with Gasteiger partial charge in [-0.2, -0.15) is 0 Å². The van der Waals surface area contributed by atoms with Crippen molar-refractivity contribution in [2.75, 3.05) is 17.4 Å². The fourth-order valence-corrected chi connectivity index (χ4v) is 5.15. The lowest BCUT2D eigenvalue weighted by Gasteiger charge is -2.30. The molecule has 2 heterocycles. The van der Waals surface area contributed by atoms with E-state index < -0.39 is 0 Å². The SMILES string of the molecule is O=C1C[C@H](c2ccccc2Cl)CC2=C1[C@@H](c1ccc3c(c1)OCO3)Nc1ccccc1N2. The summed E-state index contributed by atoms with van der Waals surface area (Å²) in [4.78, 5) is 13.6. The van der Waals surface area contributed by atoms with Gasteiger partial charge in [0.15, 0.2) is 17.3 Å². The number of halogens is 1. The van der Waals surface area contributed by atoms with Gasteiger partial charge in [0.2, 0.25) is 6.79 Å². The number of hydrogen-bond donors (Lipinski definition) is 2. The van der Waals surface area contributed by atoms with E-state index in [1.165, 1.54) is 0 Å². The van der Waals surface area contributed by atoms with Crippen LogP contribution >= 0.6 is 11.6 Å². The van der Waals surface area contributed by atoms with Crippen molar-refractivity contribution in [1.29, 1.82) is 0 Å². The molecule has 0 bridgehead atoms. The number of ether oxygens (including phenoxy) is 2. The van der Waals surface area contributed by atoms with E-state index in [1.807, 2.05) is 66.7 Å². The van der Waals surface area contributed by atoms with E-state index in [0.717, 1.165) is 39.5 Å². The van der Waals surface area contributed by atoms with E-state index in [-0.39, 0.29) is 24.5 Å². The second kappa shape index (κ2) is 7.61. The maximum Gasteiger partial charge on any atom is 0.231 e. The Morgan fingerprint density at radius 1 is 0.875 bits per heavy atom. The van der Waals surface area contributed by atoms with Gasteiger partial charge >= 0.3 is 0 Å². The van der Waals surface area contributed by atoms with Gasteiger partial charge in [-0.1, -0.05) is 48.0 Å². The Kier molecular flexibility index (Phi) is 4.58. The first kappa shape index (κ1) is 19.3. The van der Waals surface area contributed by atoms with Gasteiger partial charge in [-0.05, 0) is 53.8 Å². The summed E-state index contributed by atoms with van der Waals surface area (Å²) in [5.41, 5.74) is 5.59. The number of Topliss-reactive ketones (excluding diaryl/α,β-unsaturated/α-hetero) is 1. The first-order valence-corrected chi connectivity index (χ1v) is 11.1. The van der Waals surface area contributed by atoms with E-state index in [2.05, 4.69) is 10.6 Å². The predicted octanol–water partition coefficient (Wildman–Crippen LogP) is 6.05. The number of allylic oxidation sites excluding steroid dienone is 1. The summed E-state index contributed by atoms with van der Waals surface area (Å²) in [7, 11) is 0. The number of anilines is 2. The van der Waals surface area contributed by atoms with Crippen LogP contribution in [0.4, 0.5) is 11.4 Å². The second-order valence-electron chi connectivity index (χ2n) is 8.30. The van der Waals surface area contributed by atoms with E-state index >= 15 is 0 Å². The van der Waals surface area contributed by atoms with Gasteiger partial charge in [0.05, 0.1) is 17.4 Å². The van der Waals surface area contributed by atoms with E-state index in [4.69, 9.17) is 21.1 Å². The van der Waals surface area contributed by atoms with Crippen LogP contribution in [0, 0.1) is 0 Å². The average molecular weight is 445 g/mol. The molecule has 0 radical (unpaired) electrons. The summed E-state index contributed by atoms with van der Waals surface area (Å²) in [6.07, 6.45) is 1.13. The number of benzene rings is 3. The normalized spacial score (nSPS) is 21.2. The number of para-hydroxylation sites is 2. The zero-order chi connectivity index (χ0) is 21.7. The Morgan fingerprint density at radius 3 is 2.53 bits per heavy atom. The Labute approximate surface area is 191 Å². The number of carbonyl (C=O) groups excluding carboxylic acids is 1. The highest BCUT2D eigenvalue weighted by atomic mass is 35.5. The fourth-order valence-electron chi connectivity index (χ4n) is 4.86. The first-order valence-electron chi connectivity index (χ1n) is 10.7. The summed E-state index contributed by atoms with van der Waals surface area (Å²) in [5, 5.41) is 7.86. The molecule has 0 amide bonds. The molecule has 0 aromatic heterocycles.